The van der Waals surface area contributed by atoms with Crippen molar-refractivity contribution < 1.29 is 9.59 Å². The van der Waals surface area contributed by atoms with Crippen LogP contribution in [0.25, 0.3) is 0 Å². The lowest BCUT2D eigenvalue weighted by atomic mass is 9.98. The fraction of sp³-hybridized carbons (Fsp3) is 0.579. The minimum Gasteiger partial charge on any atom is -0.354 e. The quantitative estimate of drug-likeness (QED) is 0.667. The zero-order valence-electron chi connectivity index (χ0n) is 15.4. The van der Waals surface area contributed by atoms with Crippen LogP contribution in [0.4, 0.5) is 5.69 Å². The first kappa shape index (κ1) is 22.0. The summed E-state index contributed by atoms with van der Waals surface area (Å²) in [4.78, 5) is 26.6. The maximum absolute atomic E-state index is 12.3. The monoisotopic (exact) mass is 414 g/mol. The molecule has 2 unspecified atom stereocenters. The molecule has 2 aliphatic rings. The van der Waals surface area contributed by atoms with Crippen LogP contribution < -0.4 is 16.0 Å². The van der Waals surface area contributed by atoms with E-state index < -0.39 is 0 Å². The minimum atomic E-state index is -0.0575. The van der Waals surface area contributed by atoms with E-state index in [1.54, 1.807) is 12.1 Å². The zero-order valence-corrected chi connectivity index (χ0v) is 17.0. The molecule has 2 saturated heterocycles. The molecule has 27 heavy (non-hydrogen) atoms. The van der Waals surface area contributed by atoms with E-state index in [0.717, 1.165) is 45.3 Å². The van der Waals surface area contributed by atoms with Crippen LogP contribution in [0.15, 0.2) is 24.3 Å². The number of amides is 2. The fourth-order valence-electron chi connectivity index (χ4n) is 3.69. The summed E-state index contributed by atoms with van der Waals surface area (Å²) in [7, 11) is 0. The Bertz CT molecular complexity index is 638. The number of hydrogen-bond donors (Lipinski definition) is 3. The molecule has 0 spiro atoms. The van der Waals surface area contributed by atoms with Gasteiger partial charge in [0, 0.05) is 13.1 Å². The van der Waals surface area contributed by atoms with Crippen LogP contribution in [0.5, 0.6) is 0 Å². The Hall–Kier alpha value is -1.34. The minimum absolute atomic E-state index is 0. The van der Waals surface area contributed by atoms with Crippen LogP contribution in [0, 0.1) is 5.92 Å². The van der Waals surface area contributed by atoms with Crippen LogP contribution in [-0.4, -0.2) is 55.5 Å². The van der Waals surface area contributed by atoms with Crippen LogP contribution in [0.1, 0.15) is 25.7 Å². The summed E-state index contributed by atoms with van der Waals surface area (Å²) in [5, 5.41) is 9.70. The maximum atomic E-state index is 12.3. The molecule has 1 aromatic rings. The molecule has 0 aliphatic carbocycles. The van der Waals surface area contributed by atoms with Gasteiger partial charge in [-0.25, -0.2) is 0 Å². The molecular formula is C19H28Cl2N4O2. The zero-order chi connectivity index (χ0) is 18.4. The number of rotatable bonds is 6. The van der Waals surface area contributed by atoms with Crippen molar-refractivity contribution in [1.29, 1.82) is 0 Å². The Balaban J connectivity index is 0.00000261. The molecule has 0 radical (unpaired) electrons. The Morgan fingerprint density at radius 3 is 2.78 bits per heavy atom. The van der Waals surface area contributed by atoms with Gasteiger partial charge in [-0.05, 0) is 56.8 Å². The predicted molar refractivity (Wildman–Crippen MR) is 111 cm³/mol. The second-order valence-electron chi connectivity index (χ2n) is 7.17. The smallest absolute Gasteiger partial charge is 0.238 e. The summed E-state index contributed by atoms with van der Waals surface area (Å²) in [5.41, 5.74) is 0.643. The number of para-hydroxylation sites is 1. The van der Waals surface area contributed by atoms with Crippen LogP contribution in [0.2, 0.25) is 5.02 Å². The van der Waals surface area contributed by atoms with Crippen LogP contribution in [0.3, 0.4) is 0 Å². The Kier molecular flexibility index (Phi) is 8.83. The number of nitrogens with zero attached hydrogens (tertiary/aromatic N) is 1. The largest absolute Gasteiger partial charge is 0.354 e. The average Bonchev–Trinajstić information content (AvgIpc) is 3.17. The predicted octanol–water partition coefficient (Wildman–Crippen LogP) is 2.28. The van der Waals surface area contributed by atoms with Crippen molar-refractivity contribution in [3.05, 3.63) is 29.3 Å². The molecule has 150 valence electrons. The Morgan fingerprint density at radius 2 is 2.04 bits per heavy atom. The number of hydrogen-bond acceptors (Lipinski definition) is 4. The van der Waals surface area contributed by atoms with Crippen molar-refractivity contribution in [2.24, 2.45) is 5.92 Å². The SMILES string of the molecule is Cl.O=C(CN1CCCC(CNC(=O)C2CCCN2)C1)Nc1ccccc1Cl. The van der Waals surface area contributed by atoms with E-state index in [2.05, 4.69) is 20.9 Å². The molecule has 2 amide bonds. The van der Waals surface area contributed by atoms with Crippen molar-refractivity contribution in [1.82, 2.24) is 15.5 Å². The fourth-order valence-corrected chi connectivity index (χ4v) is 3.88. The van der Waals surface area contributed by atoms with E-state index in [4.69, 9.17) is 11.6 Å². The standard InChI is InChI=1S/C19H27ClN4O2.ClH/c20-15-6-1-2-7-16(15)23-18(25)13-24-10-4-5-14(12-24)11-22-19(26)17-8-3-9-21-17;/h1-2,6-7,14,17,21H,3-5,8-13H2,(H,22,26)(H,23,25);1H. The summed E-state index contributed by atoms with van der Waals surface area (Å²) in [6, 6.07) is 7.21. The van der Waals surface area contributed by atoms with Crippen LogP contribution >= 0.6 is 24.0 Å². The average molecular weight is 415 g/mol. The van der Waals surface area contributed by atoms with Gasteiger partial charge in [0.15, 0.2) is 0 Å². The summed E-state index contributed by atoms with van der Waals surface area (Å²) >= 11 is 6.09. The van der Waals surface area contributed by atoms with E-state index >= 15 is 0 Å². The molecular weight excluding hydrogens is 387 g/mol. The van der Waals surface area contributed by atoms with E-state index in [-0.39, 0.29) is 30.3 Å². The van der Waals surface area contributed by atoms with Gasteiger partial charge < -0.3 is 16.0 Å². The molecule has 0 aromatic heterocycles. The topological polar surface area (TPSA) is 73.5 Å². The third-order valence-electron chi connectivity index (χ3n) is 5.06. The lowest BCUT2D eigenvalue weighted by Gasteiger charge is -2.32. The first-order valence-electron chi connectivity index (χ1n) is 9.39. The second-order valence-corrected chi connectivity index (χ2v) is 7.57. The third-order valence-corrected chi connectivity index (χ3v) is 5.39. The first-order valence-corrected chi connectivity index (χ1v) is 9.77. The summed E-state index contributed by atoms with van der Waals surface area (Å²) in [6.45, 7) is 3.69. The molecule has 3 N–H and O–H groups in total. The molecule has 2 fully saturated rings. The van der Waals surface area contributed by atoms with E-state index in [1.165, 1.54) is 0 Å². The normalized spacial score (nSPS) is 22.7. The van der Waals surface area contributed by atoms with Crippen LogP contribution in [-0.2, 0) is 9.59 Å². The highest BCUT2D eigenvalue weighted by Gasteiger charge is 2.25. The maximum Gasteiger partial charge on any atom is 0.238 e. The van der Waals surface area contributed by atoms with Gasteiger partial charge in [-0.3, -0.25) is 14.5 Å². The van der Waals surface area contributed by atoms with E-state index in [0.29, 0.717) is 29.7 Å². The number of benzene rings is 1. The summed E-state index contributed by atoms with van der Waals surface area (Å²) in [6.07, 6.45) is 4.11. The van der Waals surface area contributed by atoms with Gasteiger partial charge in [0.2, 0.25) is 11.8 Å². The van der Waals surface area contributed by atoms with Crippen molar-refractivity contribution >= 4 is 41.5 Å². The lowest BCUT2D eigenvalue weighted by molar-refractivity contribution is -0.123. The molecule has 8 heteroatoms. The van der Waals surface area contributed by atoms with Crippen molar-refractivity contribution in [2.75, 3.05) is 38.0 Å². The van der Waals surface area contributed by atoms with E-state index in [1.807, 2.05) is 12.1 Å². The van der Waals surface area contributed by atoms with Crippen molar-refractivity contribution in [3.63, 3.8) is 0 Å². The number of likely N-dealkylation sites (tertiary alicyclic amines) is 1. The Morgan fingerprint density at radius 1 is 1.22 bits per heavy atom. The van der Waals surface area contributed by atoms with Gasteiger partial charge in [-0.2, -0.15) is 0 Å². The van der Waals surface area contributed by atoms with Gasteiger partial charge >= 0.3 is 0 Å². The first-order chi connectivity index (χ1) is 12.6. The molecule has 2 aliphatic heterocycles. The molecule has 0 bridgehead atoms. The van der Waals surface area contributed by atoms with Crippen molar-refractivity contribution in [3.8, 4) is 0 Å². The lowest BCUT2D eigenvalue weighted by Crippen LogP contribution is -2.46. The van der Waals surface area contributed by atoms with Gasteiger partial charge in [0.05, 0.1) is 23.3 Å². The molecule has 6 nitrogen and oxygen atoms in total. The molecule has 3 rings (SSSR count). The second kappa shape index (κ2) is 10.9. The van der Waals surface area contributed by atoms with Gasteiger partial charge in [0.1, 0.15) is 0 Å². The van der Waals surface area contributed by atoms with Gasteiger partial charge in [0.25, 0.3) is 0 Å². The van der Waals surface area contributed by atoms with E-state index in [9.17, 15) is 9.59 Å². The number of halogens is 2. The number of piperidine rings is 1. The number of anilines is 1. The molecule has 2 atom stereocenters. The van der Waals surface area contributed by atoms with Crippen molar-refractivity contribution in [2.45, 2.75) is 31.7 Å². The van der Waals surface area contributed by atoms with Gasteiger partial charge in [-0.1, -0.05) is 23.7 Å². The highest BCUT2D eigenvalue weighted by Crippen LogP contribution is 2.21. The summed E-state index contributed by atoms with van der Waals surface area (Å²) in [5.74, 6) is 0.441. The summed E-state index contributed by atoms with van der Waals surface area (Å²) < 4.78 is 0. The molecule has 0 saturated carbocycles. The highest BCUT2D eigenvalue weighted by atomic mass is 35.5. The molecule has 1 aromatic carbocycles. The highest BCUT2D eigenvalue weighted by molar-refractivity contribution is 6.33. The third kappa shape index (κ3) is 6.64. The molecule has 2 heterocycles. The number of nitrogens with one attached hydrogen (secondary N) is 3. The number of carbonyl (C=O) groups excluding carboxylic acids is 2. The number of carbonyl (C=O) groups is 2. The van der Waals surface area contributed by atoms with Gasteiger partial charge in [-0.15, -0.1) is 12.4 Å². The Labute approximate surface area is 171 Å².